The second kappa shape index (κ2) is 7.27. The minimum atomic E-state index is -0.774. The normalized spacial score (nSPS) is 26.8. The summed E-state index contributed by atoms with van der Waals surface area (Å²) in [4.78, 5) is 27.7. The molecule has 1 N–H and O–H groups in total. The molecule has 1 atom stereocenters. The van der Waals surface area contributed by atoms with E-state index < -0.39 is 17.3 Å². The molecule has 146 valence electrons. The van der Waals surface area contributed by atoms with Crippen molar-refractivity contribution in [2.45, 2.75) is 50.4 Å². The van der Waals surface area contributed by atoms with E-state index in [9.17, 15) is 14.7 Å². The number of benzene rings is 1. The van der Waals surface area contributed by atoms with Gasteiger partial charge >= 0.3 is 5.97 Å². The molecular weight excluding hydrogens is 342 g/mol. The molecule has 1 aliphatic carbocycles. The Bertz CT molecular complexity index is 690. The van der Waals surface area contributed by atoms with E-state index in [0.717, 1.165) is 44.1 Å². The highest BCUT2D eigenvalue weighted by Crippen LogP contribution is 2.48. The number of ether oxygens (including phenoxy) is 1. The topological polar surface area (TPSA) is 66.8 Å². The third-order valence-corrected chi connectivity index (χ3v) is 7.16. The van der Waals surface area contributed by atoms with Crippen molar-refractivity contribution in [3.63, 3.8) is 0 Å². The van der Waals surface area contributed by atoms with Gasteiger partial charge in [0, 0.05) is 31.7 Å². The number of carboxylic acid groups (broad SMARTS) is 1. The number of carboxylic acids is 1. The number of rotatable bonds is 3. The van der Waals surface area contributed by atoms with Gasteiger partial charge in [0.1, 0.15) is 0 Å². The highest BCUT2D eigenvalue weighted by Gasteiger charge is 2.55. The summed E-state index contributed by atoms with van der Waals surface area (Å²) < 4.78 is 5.49. The summed E-state index contributed by atoms with van der Waals surface area (Å²) in [6.45, 7) is 2.08. The fourth-order valence-corrected chi connectivity index (χ4v) is 5.59. The standard InChI is InChI=1S/C22H29NO4/c24-19(25)18-15-23(16-21(18)11-13-27-14-12-21)20(26)22(9-5-2-6-10-22)17-7-3-1-4-8-17/h1,3-4,7-8,18H,2,5-6,9-16H2,(H,24,25). The van der Waals surface area contributed by atoms with Gasteiger partial charge in [-0.3, -0.25) is 9.59 Å². The first-order valence-electron chi connectivity index (χ1n) is 10.2. The molecule has 1 aromatic rings. The zero-order chi connectivity index (χ0) is 18.9. The first kappa shape index (κ1) is 18.5. The molecule has 2 saturated heterocycles. The number of likely N-dealkylation sites (tertiary alicyclic amines) is 1. The Labute approximate surface area is 160 Å². The highest BCUT2D eigenvalue weighted by molar-refractivity contribution is 5.89. The molecular formula is C22H29NO4. The number of carbonyl (C=O) groups is 2. The second-order valence-electron chi connectivity index (χ2n) is 8.56. The van der Waals surface area contributed by atoms with Gasteiger partial charge in [0.05, 0.1) is 11.3 Å². The van der Waals surface area contributed by atoms with Crippen molar-refractivity contribution in [1.82, 2.24) is 4.90 Å². The maximum Gasteiger partial charge on any atom is 0.308 e. The molecule has 5 nitrogen and oxygen atoms in total. The van der Waals surface area contributed by atoms with Crippen LogP contribution in [0, 0.1) is 11.3 Å². The van der Waals surface area contributed by atoms with E-state index in [0.29, 0.717) is 26.3 Å². The van der Waals surface area contributed by atoms with Crippen LogP contribution in [0.15, 0.2) is 30.3 Å². The maximum absolute atomic E-state index is 13.8. The summed E-state index contributed by atoms with van der Waals surface area (Å²) in [5.74, 6) is -1.12. The Morgan fingerprint density at radius 2 is 1.67 bits per heavy atom. The lowest BCUT2D eigenvalue weighted by molar-refractivity contribution is -0.146. The molecule has 5 heteroatoms. The zero-order valence-corrected chi connectivity index (χ0v) is 15.9. The minimum Gasteiger partial charge on any atom is -0.481 e. The van der Waals surface area contributed by atoms with Gasteiger partial charge in [0.2, 0.25) is 5.91 Å². The van der Waals surface area contributed by atoms with Crippen LogP contribution in [-0.2, 0) is 19.7 Å². The van der Waals surface area contributed by atoms with Gasteiger partial charge in [0.15, 0.2) is 0 Å². The van der Waals surface area contributed by atoms with Crippen LogP contribution in [0.5, 0.6) is 0 Å². The molecule has 3 fully saturated rings. The average molecular weight is 371 g/mol. The molecule has 0 bridgehead atoms. The molecule has 4 rings (SSSR count). The molecule has 1 aromatic carbocycles. The van der Waals surface area contributed by atoms with Crippen molar-refractivity contribution in [2.24, 2.45) is 11.3 Å². The lowest BCUT2D eigenvalue weighted by Crippen LogP contribution is -2.48. The SMILES string of the molecule is O=C(O)C1CN(C(=O)C2(c3ccccc3)CCCCC2)CC12CCOCC2. The van der Waals surface area contributed by atoms with Crippen LogP contribution in [-0.4, -0.2) is 48.2 Å². The van der Waals surface area contributed by atoms with Crippen LogP contribution < -0.4 is 0 Å². The van der Waals surface area contributed by atoms with Gasteiger partial charge in [-0.15, -0.1) is 0 Å². The fraction of sp³-hybridized carbons (Fsp3) is 0.636. The van der Waals surface area contributed by atoms with Crippen LogP contribution in [0.3, 0.4) is 0 Å². The van der Waals surface area contributed by atoms with Crippen molar-refractivity contribution < 1.29 is 19.4 Å². The molecule has 3 aliphatic rings. The number of nitrogens with zero attached hydrogens (tertiary/aromatic N) is 1. The summed E-state index contributed by atoms with van der Waals surface area (Å²) in [5.41, 5.74) is 0.278. The first-order valence-corrected chi connectivity index (χ1v) is 10.2. The maximum atomic E-state index is 13.8. The van der Waals surface area contributed by atoms with Gasteiger partial charge in [-0.1, -0.05) is 49.6 Å². The molecule has 0 radical (unpaired) electrons. The molecule has 2 heterocycles. The zero-order valence-electron chi connectivity index (χ0n) is 15.9. The van der Waals surface area contributed by atoms with Crippen molar-refractivity contribution in [1.29, 1.82) is 0 Å². The number of aliphatic carboxylic acids is 1. The molecule has 1 unspecified atom stereocenters. The average Bonchev–Trinajstić information content (AvgIpc) is 3.08. The Morgan fingerprint density at radius 3 is 2.30 bits per heavy atom. The number of amides is 1. The lowest BCUT2D eigenvalue weighted by atomic mass is 9.68. The van der Waals surface area contributed by atoms with E-state index in [1.165, 1.54) is 6.42 Å². The highest BCUT2D eigenvalue weighted by atomic mass is 16.5. The predicted octanol–water partition coefficient (Wildman–Crippen LogP) is 3.23. The monoisotopic (exact) mass is 371 g/mol. The number of hydrogen-bond acceptors (Lipinski definition) is 3. The van der Waals surface area contributed by atoms with Gasteiger partial charge in [-0.2, -0.15) is 0 Å². The van der Waals surface area contributed by atoms with Crippen LogP contribution in [0.2, 0.25) is 0 Å². The summed E-state index contributed by atoms with van der Waals surface area (Å²) >= 11 is 0. The predicted molar refractivity (Wildman–Crippen MR) is 101 cm³/mol. The van der Waals surface area contributed by atoms with E-state index in [-0.39, 0.29) is 11.3 Å². The number of carbonyl (C=O) groups excluding carboxylic acids is 1. The largest absolute Gasteiger partial charge is 0.481 e. The van der Waals surface area contributed by atoms with Crippen molar-refractivity contribution in [2.75, 3.05) is 26.3 Å². The van der Waals surface area contributed by atoms with E-state index in [1.807, 2.05) is 23.1 Å². The molecule has 27 heavy (non-hydrogen) atoms. The summed E-state index contributed by atoms with van der Waals surface area (Å²) in [5, 5.41) is 9.84. The second-order valence-corrected chi connectivity index (χ2v) is 8.56. The Balaban J connectivity index is 1.65. The van der Waals surface area contributed by atoms with E-state index >= 15 is 0 Å². The third kappa shape index (κ3) is 3.16. The quantitative estimate of drug-likeness (QED) is 0.886. The van der Waals surface area contributed by atoms with Crippen LogP contribution in [0.25, 0.3) is 0 Å². The van der Waals surface area contributed by atoms with Gasteiger partial charge in [-0.05, 0) is 31.2 Å². The summed E-state index contributed by atoms with van der Waals surface area (Å²) in [7, 11) is 0. The number of hydrogen-bond donors (Lipinski definition) is 1. The van der Waals surface area contributed by atoms with Crippen molar-refractivity contribution >= 4 is 11.9 Å². The summed E-state index contributed by atoms with van der Waals surface area (Å²) in [6.07, 6.45) is 6.45. The molecule has 1 spiro atoms. The fourth-order valence-electron chi connectivity index (χ4n) is 5.59. The van der Waals surface area contributed by atoms with Crippen LogP contribution in [0.1, 0.15) is 50.5 Å². The van der Waals surface area contributed by atoms with E-state index in [1.54, 1.807) is 0 Å². The first-order chi connectivity index (χ1) is 13.1. The molecule has 0 aromatic heterocycles. The Kier molecular flexibility index (Phi) is 4.97. The van der Waals surface area contributed by atoms with Gasteiger partial charge in [0.25, 0.3) is 0 Å². The van der Waals surface area contributed by atoms with Crippen molar-refractivity contribution in [3.05, 3.63) is 35.9 Å². The van der Waals surface area contributed by atoms with Gasteiger partial charge < -0.3 is 14.7 Å². The van der Waals surface area contributed by atoms with E-state index in [4.69, 9.17) is 4.74 Å². The Morgan fingerprint density at radius 1 is 1.00 bits per heavy atom. The third-order valence-electron chi connectivity index (χ3n) is 7.16. The summed E-state index contributed by atoms with van der Waals surface area (Å²) in [6, 6.07) is 10.1. The smallest absolute Gasteiger partial charge is 0.308 e. The molecule has 1 saturated carbocycles. The minimum absolute atomic E-state index is 0.142. The van der Waals surface area contributed by atoms with Gasteiger partial charge in [-0.25, -0.2) is 0 Å². The molecule has 2 aliphatic heterocycles. The lowest BCUT2D eigenvalue weighted by Gasteiger charge is -2.40. The molecule has 1 amide bonds. The van der Waals surface area contributed by atoms with E-state index in [2.05, 4.69) is 12.1 Å². The Hall–Kier alpha value is -1.88. The van der Waals surface area contributed by atoms with Crippen LogP contribution in [0.4, 0.5) is 0 Å². The van der Waals surface area contributed by atoms with Crippen LogP contribution >= 0.6 is 0 Å². The van der Waals surface area contributed by atoms with Crippen molar-refractivity contribution in [3.8, 4) is 0 Å².